The molecule has 3 N–H and O–H groups in total. The van der Waals surface area contributed by atoms with Crippen molar-refractivity contribution in [1.82, 2.24) is 39.4 Å². The maximum Gasteiger partial charge on any atom is 0.416 e. The van der Waals surface area contributed by atoms with Crippen LogP contribution >= 0.6 is 11.6 Å². The second kappa shape index (κ2) is 11.1. The Kier molecular flexibility index (Phi) is 7.58. The number of anilines is 1. The quantitative estimate of drug-likeness (QED) is 0.274. The Morgan fingerprint density at radius 1 is 1.15 bits per heavy atom. The number of carbonyl (C=O) groups excluding carboxylic acids is 1. The minimum absolute atomic E-state index is 0.00113. The van der Waals surface area contributed by atoms with Crippen molar-refractivity contribution < 1.29 is 23.1 Å². The van der Waals surface area contributed by atoms with Crippen LogP contribution in [0.25, 0.3) is 17.1 Å². The Morgan fingerprint density at radius 2 is 1.93 bits per heavy atom. The first-order valence-electron chi connectivity index (χ1n) is 12.2. The molecule has 4 heterocycles. The van der Waals surface area contributed by atoms with Gasteiger partial charge in [0.15, 0.2) is 23.6 Å². The summed E-state index contributed by atoms with van der Waals surface area (Å²) in [6.45, 7) is -0.839. The number of aliphatic hydroxyl groups excluding tert-OH is 1. The topological polar surface area (TPSA) is 145 Å². The molecule has 1 aromatic carbocycles. The molecular formula is C24H23ClF3N9O3. The third-order valence-corrected chi connectivity index (χ3v) is 6.48. The van der Waals surface area contributed by atoms with E-state index in [9.17, 15) is 27.9 Å². The van der Waals surface area contributed by atoms with Crippen LogP contribution in [-0.4, -0.2) is 70.0 Å². The molecule has 0 saturated carbocycles. The number of carbonyl (C=O) groups is 1. The van der Waals surface area contributed by atoms with E-state index in [1.54, 1.807) is 18.3 Å². The van der Waals surface area contributed by atoms with Crippen molar-refractivity contribution in [3.63, 3.8) is 0 Å². The average Bonchev–Trinajstić information content (AvgIpc) is 3.63. The number of halogens is 4. The largest absolute Gasteiger partial charge is 0.416 e. The van der Waals surface area contributed by atoms with Gasteiger partial charge in [0.05, 0.1) is 6.54 Å². The van der Waals surface area contributed by atoms with E-state index in [1.165, 1.54) is 35.3 Å². The Labute approximate surface area is 229 Å². The van der Waals surface area contributed by atoms with Gasteiger partial charge in [-0.1, -0.05) is 11.6 Å². The van der Waals surface area contributed by atoms with Crippen molar-refractivity contribution in [3.8, 4) is 17.1 Å². The SMILES string of the molecule is O=C1CCC(CNc2ncccc2-n2cnc(Cn3nc(-c4ccc(Cl)cc4)n(CC(O)C(F)(F)F)c3=O)n2)N1. The summed E-state index contributed by atoms with van der Waals surface area (Å²) in [5.74, 6) is 0.567. The van der Waals surface area contributed by atoms with E-state index in [-0.39, 0.29) is 30.1 Å². The smallest absolute Gasteiger partial charge is 0.382 e. The fourth-order valence-electron chi connectivity index (χ4n) is 4.19. The first kappa shape index (κ1) is 27.3. The van der Waals surface area contributed by atoms with E-state index in [4.69, 9.17) is 11.6 Å². The van der Waals surface area contributed by atoms with Crippen molar-refractivity contribution in [3.05, 3.63) is 70.3 Å². The number of pyridine rings is 1. The number of rotatable bonds is 9. The van der Waals surface area contributed by atoms with Crippen LogP contribution in [0.15, 0.2) is 53.7 Å². The Balaban J connectivity index is 1.40. The number of benzene rings is 1. The third kappa shape index (κ3) is 5.99. The predicted molar refractivity (Wildman–Crippen MR) is 137 cm³/mol. The number of alkyl halides is 3. The van der Waals surface area contributed by atoms with E-state index in [0.717, 1.165) is 9.25 Å². The van der Waals surface area contributed by atoms with E-state index in [0.29, 0.717) is 41.5 Å². The molecule has 5 rings (SSSR count). The molecule has 0 aliphatic carbocycles. The highest BCUT2D eigenvalue weighted by Gasteiger charge is 2.39. The molecule has 3 aromatic heterocycles. The number of nitrogens with zero attached hydrogens (tertiary/aromatic N) is 7. The number of nitrogens with one attached hydrogen (secondary N) is 2. The highest BCUT2D eigenvalue weighted by molar-refractivity contribution is 6.30. The Bertz CT molecular complexity index is 1570. The van der Waals surface area contributed by atoms with Gasteiger partial charge in [-0.15, -0.1) is 10.2 Å². The first-order chi connectivity index (χ1) is 19.1. The zero-order chi connectivity index (χ0) is 28.4. The van der Waals surface area contributed by atoms with Crippen molar-refractivity contribution in [2.24, 2.45) is 0 Å². The van der Waals surface area contributed by atoms with E-state index in [1.807, 2.05) is 0 Å². The van der Waals surface area contributed by atoms with Gasteiger partial charge in [0, 0.05) is 35.8 Å². The van der Waals surface area contributed by atoms with Gasteiger partial charge >= 0.3 is 11.9 Å². The molecule has 0 radical (unpaired) electrons. The molecule has 210 valence electrons. The Morgan fingerprint density at radius 3 is 2.62 bits per heavy atom. The fraction of sp³-hybridized carbons (Fsp3) is 0.333. The molecule has 16 heteroatoms. The van der Waals surface area contributed by atoms with Crippen LogP contribution < -0.4 is 16.3 Å². The summed E-state index contributed by atoms with van der Waals surface area (Å²) in [5.41, 5.74) is 0.00295. The number of hydrogen-bond acceptors (Lipinski definition) is 8. The second-order valence-electron chi connectivity index (χ2n) is 9.10. The maximum absolute atomic E-state index is 13.1. The summed E-state index contributed by atoms with van der Waals surface area (Å²) < 4.78 is 42.4. The molecule has 4 aromatic rings. The number of amides is 1. The summed E-state index contributed by atoms with van der Waals surface area (Å²) in [7, 11) is 0. The highest BCUT2D eigenvalue weighted by Crippen LogP contribution is 2.24. The standard InChI is InChI=1S/C24H23ClF3N9O3/c25-15-5-3-14(4-6-15)22-34-36(23(40)35(22)11-18(38)24(26,27)28)12-19-31-13-37(33-19)17-2-1-9-29-21(17)30-10-16-7-8-20(39)32-16/h1-6,9,13,16,18,38H,7-8,10-12H2,(H,29,30)(H,32,39). The van der Waals surface area contributed by atoms with Gasteiger partial charge in [0.2, 0.25) is 5.91 Å². The molecular weight excluding hydrogens is 555 g/mol. The van der Waals surface area contributed by atoms with Crippen LogP contribution in [-0.2, 0) is 17.9 Å². The molecule has 40 heavy (non-hydrogen) atoms. The number of aromatic nitrogens is 7. The molecule has 0 spiro atoms. The van der Waals surface area contributed by atoms with E-state index >= 15 is 0 Å². The highest BCUT2D eigenvalue weighted by atomic mass is 35.5. The molecule has 1 saturated heterocycles. The van der Waals surface area contributed by atoms with Crippen LogP contribution in [0.5, 0.6) is 0 Å². The minimum Gasteiger partial charge on any atom is -0.382 e. The number of hydrogen-bond donors (Lipinski definition) is 3. The summed E-state index contributed by atoms with van der Waals surface area (Å²) in [6, 6.07) is 9.45. The second-order valence-corrected chi connectivity index (χ2v) is 9.54. The maximum atomic E-state index is 13.1. The van der Waals surface area contributed by atoms with E-state index < -0.39 is 24.5 Å². The van der Waals surface area contributed by atoms with Crippen molar-refractivity contribution in [2.45, 2.75) is 44.3 Å². The first-order valence-corrected chi connectivity index (χ1v) is 12.5. The molecule has 2 atom stereocenters. The van der Waals surface area contributed by atoms with Gasteiger partial charge < -0.3 is 15.7 Å². The zero-order valence-electron chi connectivity index (χ0n) is 20.7. The van der Waals surface area contributed by atoms with Crippen LogP contribution in [0.1, 0.15) is 18.7 Å². The summed E-state index contributed by atoms with van der Waals surface area (Å²) in [6.07, 6.45) is -3.53. The van der Waals surface area contributed by atoms with Gasteiger partial charge in [-0.05, 0) is 42.8 Å². The van der Waals surface area contributed by atoms with Crippen molar-refractivity contribution >= 4 is 23.3 Å². The normalized spacial score (nSPS) is 16.2. The zero-order valence-corrected chi connectivity index (χ0v) is 21.5. The van der Waals surface area contributed by atoms with Crippen LogP contribution in [0.3, 0.4) is 0 Å². The van der Waals surface area contributed by atoms with Gasteiger partial charge in [-0.25, -0.2) is 24.1 Å². The van der Waals surface area contributed by atoms with Crippen LogP contribution in [0, 0.1) is 0 Å². The molecule has 0 bridgehead atoms. The summed E-state index contributed by atoms with van der Waals surface area (Å²) >= 11 is 5.92. The molecule has 1 aliphatic heterocycles. The molecule has 2 unspecified atom stereocenters. The third-order valence-electron chi connectivity index (χ3n) is 6.22. The summed E-state index contributed by atoms with van der Waals surface area (Å²) in [5, 5.41) is 24.7. The van der Waals surface area contributed by atoms with Crippen molar-refractivity contribution in [1.29, 1.82) is 0 Å². The van der Waals surface area contributed by atoms with Crippen molar-refractivity contribution in [2.75, 3.05) is 11.9 Å². The predicted octanol–water partition coefficient (Wildman–Crippen LogP) is 2.00. The lowest BCUT2D eigenvalue weighted by Gasteiger charge is -2.15. The lowest BCUT2D eigenvalue weighted by Crippen LogP contribution is -2.37. The van der Waals surface area contributed by atoms with Gasteiger partial charge in [0.1, 0.15) is 18.6 Å². The van der Waals surface area contributed by atoms with Crippen LogP contribution in [0.2, 0.25) is 5.02 Å². The van der Waals surface area contributed by atoms with Gasteiger partial charge in [-0.3, -0.25) is 9.36 Å². The number of aliphatic hydroxyl groups is 1. The summed E-state index contributed by atoms with van der Waals surface area (Å²) in [4.78, 5) is 33.1. The minimum atomic E-state index is -4.93. The monoisotopic (exact) mass is 577 g/mol. The molecule has 12 nitrogen and oxygen atoms in total. The van der Waals surface area contributed by atoms with E-state index in [2.05, 4.69) is 30.8 Å². The lowest BCUT2D eigenvalue weighted by atomic mass is 10.2. The van der Waals surface area contributed by atoms with Gasteiger partial charge in [-0.2, -0.15) is 13.2 Å². The van der Waals surface area contributed by atoms with Crippen LogP contribution in [0.4, 0.5) is 19.0 Å². The average molecular weight is 578 g/mol. The molecule has 1 aliphatic rings. The molecule has 1 fully saturated rings. The fourth-order valence-corrected chi connectivity index (χ4v) is 4.31. The van der Waals surface area contributed by atoms with Gasteiger partial charge in [0.25, 0.3) is 0 Å². The lowest BCUT2D eigenvalue weighted by molar-refractivity contribution is -0.207. The Hall–Kier alpha value is -4.24. The molecule has 1 amide bonds.